The fraction of sp³-hybridized carbons (Fsp3) is 0.0909. The van der Waals surface area contributed by atoms with Crippen molar-refractivity contribution in [3.05, 3.63) is 96.5 Å². The van der Waals surface area contributed by atoms with E-state index in [1.54, 1.807) is 43.5 Å². The van der Waals surface area contributed by atoms with Gasteiger partial charge in [0.15, 0.2) is 5.76 Å². The zero-order valence-electron chi connectivity index (χ0n) is 15.1. The lowest BCUT2D eigenvalue weighted by atomic mass is 10.1. The van der Waals surface area contributed by atoms with Crippen molar-refractivity contribution in [2.45, 2.75) is 13.0 Å². The summed E-state index contributed by atoms with van der Waals surface area (Å²) < 4.78 is 26.6. The molecule has 2 aromatic heterocycles. The van der Waals surface area contributed by atoms with Gasteiger partial charge in [-0.15, -0.1) is 0 Å². The molecule has 2 aromatic carbocycles. The first-order chi connectivity index (χ1) is 13.6. The van der Waals surface area contributed by atoms with Crippen LogP contribution < -0.4 is 4.74 Å². The van der Waals surface area contributed by atoms with Crippen LogP contribution >= 0.6 is 0 Å². The van der Waals surface area contributed by atoms with Crippen LogP contribution in [0.1, 0.15) is 29.3 Å². The number of hydrogen-bond donors (Lipinski definition) is 0. The number of halogens is 1. The van der Waals surface area contributed by atoms with Gasteiger partial charge in [-0.2, -0.15) is 5.10 Å². The van der Waals surface area contributed by atoms with E-state index in [4.69, 9.17) is 9.15 Å². The first-order valence-electron chi connectivity index (χ1n) is 8.77. The molecule has 0 aliphatic rings. The Morgan fingerprint density at radius 2 is 1.93 bits per heavy atom. The molecule has 0 amide bonds. The Hall–Kier alpha value is -3.67. The molecule has 0 fully saturated rings. The number of carbonyl (C=O) groups excluding carboxylic acids is 1. The summed E-state index contributed by atoms with van der Waals surface area (Å²) in [6.45, 7) is 1.78. The Kier molecular flexibility index (Phi) is 4.76. The van der Waals surface area contributed by atoms with Gasteiger partial charge in [-0.25, -0.2) is 9.07 Å². The molecule has 0 N–H and O–H groups in total. The fourth-order valence-electron chi connectivity index (χ4n) is 2.87. The number of benzene rings is 2. The smallest absolute Gasteiger partial charge is 0.313 e. The van der Waals surface area contributed by atoms with Crippen molar-refractivity contribution in [1.82, 2.24) is 9.78 Å². The van der Waals surface area contributed by atoms with E-state index < -0.39 is 6.10 Å². The van der Waals surface area contributed by atoms with E-state index in [0.29, 0.717) is 17.0 Å². The van der Waals surface area contributed by atoms with Crippen molar-refractivity contribution in [3.8, 4) is 16.9 Å². The predicted octanol–water partition coefficient (Wildman–Crippen LogP) is 5.11. The second-order valence-corrected chi connectivity index (χ2v) is 6.24. The third kappa shape index (κ3) is 3.57. The number of carbonyl (C=O) groups is 1. The number of aromatic nitrogens is 2. The number of ether oxygens (including phenoxy) is 1. The lowest BCUT2D eigenvalue weighted by Crippen LogP contribution is -2.13. The van der Waals surface area contributed by atoms with E-state index in [9.17, 15) is 9.18 Å². The lowest BCUT2D eigenvalue weighted by Gasteiger charge is -2.13. The molecule has 0 aliphatic carbocycles. The van der Waals surface area contributed by atoms with E-state index in [1.165, 1.54) is 17.0 Å². The van der Waals surface area contributed by atoms with Crippen LogP contribution in [-0.2, 0) is 0 Å². The van der Waals surface area contributed by atoms with Crippen molar-refractivity contribution < 1.29 is 18.3 Å². The van der Waals surface area contributed by atoms with Crippen LogP contribution in [0.4, 0.5) is 4.39 Å². The number of nitrogens with zero attached hydrogens (tertiary/aromatic N) is 2. The molecule has 4 aromatic rings. The Morgan fingerprint density at radius 3 is 2.64 bits per heavy atom. The minimum Gasteiger partial charge on any atom is -0.484 e. The molecule has 140 valence electrons. The van der Waals surface area contributed by atoms with E-state index in [0.717, 1.165) is 5.56 Å². The van der Waals surface area contributed by atoms with Gasteiger partial charge < -0.3 is 9.15 Å². The van der Waals surface area contributed by atoms with E-state index in [-0.39, 0.29) is 17.5 Å². The van der Waals surface area contributed by atoms with Crippen LogP contribution in [0.3, 0.4) is 0 Å². The van der Waals surface area contributed by atoms with Gasteiger partial charge in [0.05, 0.1) is 6.26 Å². The lowest BCUT2D eigenvalue weighted by molar-refractivity contribution is 0.0915. The second-order valence-electron chi connectivity index (χ2n) is 6.24. The highest BCUT2D eigenvalue weighted by atomic mass is 19.1. The van der Waals surface area contributed by atoms with Gasteiger partial charge in [0, 0.05) is 17.8 Å². The molecule has 0 saturated heterocycles. The number of rotatable bonds is 5. The third-order valence-electron chi connectivity index (χ3n) is 4.30. The molecule has 2 heterocycles. The van der Waals surface area contributed by atoms with Crippen molar-refractivity contribution in [2.24, 2.45) is 0 Å². The molecule has 5 nitrogen and oxygen atoms in total. The molecular formula is C22H17FN2O3. The van der Waals surface area contributed by atoms with Crippen LogP contribution in [-0.4, -0.2) is 15.7 Å². The van der Waals surface area contributed by atoms with Crippen LogP contribution in [0.2, 0.25) is 0 Å². The summed E-state index contributed by atoms with van der Waals surface area (Å²) in [5, 5.41) is 4.24. The van der Waals surface area contributed by atoms with Crippen molar-refractivity contribution in [2.75, 3.05) is 0 Å². The largest absolute Gasteiger partial charge is 0.484 e. The first kappa shape index (κ1) is 17.7. The van der Waals surface area contributed by atoms with Gasteiger partial charge >= 0.3 is 5.91 Å². The molecule has 0 aliphatic heterocycles. The van der Waals surface area contributed by atoms with E-state index in [1.807, 2.05) is 30.3 Å². The van der Waals surface area contributed by atoms with Gasteiger partial charge in [0.2, 0.25) is 0 Å². The van der Waals surface area contributed by atoms with Gasteiger partial charge in [0.1, 0.15) is 23.4 Å². The normalized spacial score (nSPS) is 11.9. The summed E-state index contributed by atoms with van der Waals surface area (Å²) in [4.78, 5) is 12.2. The van der Waals surface area contributed by atoms with Crippen molar-refractivity contribution >= 4 is 5.91 Å². The fourth-order valence-corrected chi connectivity index (χ4v) is 2.87. The van der Waals surface area contributed by atoms with E-state index >= 15 is 0 Å². The SMILES string of the molecule is CC(Oc1ccc(-c2ccccc2)c(F)c1)c1ccn(C(=O)c2ccco2)n1. The molecule has 0 radical (unpaired) electrons. The van der Waals surface area contributed by atoms with E-state index in [2.05, 4.69) is 5.10 Å². The highest BCUT2D eigenvalue weighted by Crippen LogP contribution is 2.28. The average molecular weight is 376 g/mol. The maximum atomic E-state index is 14.5. The zero-order chi connectivity index (χ0) is 19.5. The Labute approximate surface area is 161 Å². The van der Waals surface area contributed by atoms with Crippen molar-refractivity contribution in [3.63, 3.8) is 0 Å². The topological polar surface area (TPSA) is 57.3 Å². The summed E-state index contributed by atoms with van der Waals surface area (Å²) in [6.07, 6.45) is 2.50. The minimum absolute atomic E-state index is 0.196. The molecule has 1 atom stereocenters. The van der Waals surface area contributed by atoms with Gasteiger partial charge in [-0.05, 0) is 42.8 Å². The summed E-state index contributed by atoms with van der Waals surface area (Å²) in [7, 11) is 0. The Balaban J connectivity index is 1.49. The summed E-state index contributed by atoms with van der Waals surface area (Å²) in [5.41, 5.74) is 1.86. The maximum absolute atomic E-state index is 14.5. The standard InChI is InChI=1S/C22H17FN2O3/c1-15(20-11-12-25(24-20)22(26)21-8-5-13-27-21)28-17-9-10-18(19(23)14-17)16-6-3-2-4-7-16/h2-15H,1H3. The van der Waals surface area contributed by atoms with Gasteiger partial charge in [0.25, 0.3) is 0 Å². The number of hydrogen-bond acceptors (Lipinski definition) is 4. The molecular weight excluding hydrogens is 359 g/mol. The average Bonchev–Trinajstić information content (AvgIpc) is 3.41. The summed E-state index contributed by atoms with van der Waals surface area (Å²) >= 11 is 0. The number of furan rings is 1. The highest BCUT2D eigenvalue weighted by molar-refractivity contribution is 5.92. The zero-order valence-corrected chi connectivity index (χ0v) is 15.1. The molecule has 6 heteroatoms. The summed E-state index contributed by atoms with van der Waals surface area (Å²) in [6, 6.07) is 19.0. The predicted molar refractivity (Wildman–Crippen MR) is 102 cm³/mol. The van der Waals surface area contributed by atoms with Crippen LogP contribution in [0.5, 0.6) is 5.75 Å². The first-order valence-corrected chi connectivity index (χ1v) is 8.77. The molecule has 0 bridgehead atoms. The Morgan fingerprint density at radius 1 is 1.11 bits per heavy atom. The van der Waals surface area contributed by atoms with Crippen LogP contribution in [0.15, 0.2) is 83.6 Å². The molecule has 0 saturated carbocycles. The van der Waals surface area contributed by atoms with Gasteiger partial charge in [-0.3, -0.25) is 4.79 Å². The maximum Gasteiger partial charge on any atom is 0.313 e. The van der Waals surface area contributed by atoms with Crippen LogP contribution in [0, 0.1) is 5.82 Å². The highest BCUT2D eigenvalue weighted by Gasteiger charge is 2.17. The molecule has 28 heavy (non-hydrogen) atoms. The third-order valence-corrected chi connectivity index (χ3v) is 4.30. The molecule has 4 rings (SSSR count). The summed E-state index contributed by atoms with van der Waals surface area (Å²) in [5.74, 6) is -0.158. The second kappa shape index (κ2) is 7.52. The minimum atomic E-state index is -0.465. The monoisotopic (exact) mass is 376 g/mol. The molecule has 1 unspecified atom stereocenters. The van der Waals surface area contributed by atoms with Gasteiger partial charge in [-0.1, -0.05) is 30.3 Å². The Bertz CT molecular complexity index is 1090. The van der Waals surface area contributed by atoms with Crippen molar-refractivity contribution in [1.29, 1.82) is 0 Å². The molecule has 0 spiro atoms. The quantitative estimate of drug-likeness (QED) is 0.486. The van der Waals surface area contributed by atoms with Crippen LogP contribution in [0.25, 0.3) is 11.1 Å².